The molecule has 0 saturated carbocycles. The number of rotatable bonds is 7. The molecule has 2 heterocycles. The molecule has 2 rings (SSSR count). The second-order valence-corrected chi connectivity index (χ2v) is 4.35. The van der Waals surface area contributed by atoms with Gasteiger partial charge in [0.1, 0.15) is 0 Å². The fourth-order valence-corrected chi connectivity index (χ4v) is 1.68. The summed E-state index contributed by atoms with van der Waals surface area (Å²) in [5.74, 6) is -0.161. The topological polar surface area (TPSA) is 81.1 Å². The Labute approximate surface area is 106 Å². The molecule has 0 radical (unpaired) electrons. The highest BCUT2D eigenvalue weighted by Crippen LogP contribution is 2.09. The van der Waals surface area contributed by atoms with Crippen molar-refractivity contribution >= 4 is 5.91 Å². The van der Waals surface area contributed by atoms with Crippen LogP contribution in [0.25, 0.3) is 0 Å². The lowest BCUT2D eigenvalue weighted by Crippen LogP contribution is -2.43. The van der Waals surface area contributed by atoms with E-state index in [2.05, 4.69) is 20.9 Å². The predicted molar refractivity (Wildman–Crippen MR) is 65.4 cm³/mol. The summed E-state index contributed by atoms with van der Waals surface area (Å²) in [5, 5.41) is 13.8. The molecule has 0 aliphatic carbocycles. The number of ether oxygens (including phenoxy) is 1. The molecule has 7 nitrogen and oxygen atoms in total. The van der Waals surface area contributed by atoms with Gasteiger partial charge in [-0.25, -0.2) is 4.68 Å². The van der Waals surface area contributed by atoms with Gasteiger partial charge in [-0.1, -0.05) is 5.21 Å². The summed E-state index contributed by atoms with van der Waals surface area (Å²) >= 11 is 0. The van der Waals surface area contributed by atoms with E-state index in [9.17, 15) is 4.79 Å². The van der Waals surface area contributed by atoms with E-state index in [0.29, 0.717) is 18.3 Å². The normalized spacial score (nSPS) is 15.4. The van der Waals surface area contributed by atoms with Gasteiger partial charge in [-0.3, -0.25) is 4.79 Å². The second kappa shape index (κ2) is 6.46. The van der Waals surface area contributed by atoms with E-state index in [1.807, 2.05) is 0 Å². The summed E-state index contributed by atoms with van der Waals surface area (Å²) in [6, 6.07) is 0.334. The largest absolute Gasteiger partial charge is 0.385 e. The number of hydrogen-bond acceptors (Lipinski definition) is 5. The molecule has 1 fully saturated rings. The van der Waals surface area contributed by atoms with E-state index in [4.69, 9.17) is 4.74 Å². The first-order valence-corrected chi connectivity index (χ1v) is 6.21. The molecule has 1 amide bonds. The molecule has 0 atom stereocenters. The standard InChI is InChI=1S/C11H19N5O2/c1-18-5-3-2-4-13-11(17)10-8-16(15-14-10)9-6-12-7-9/h8-9,12H,2-7H2,1H3,(H,13,17). The average molecular weight is 253 g/mol. The van der Waals surface area contributed by atoms with Gasteiger partial charge in [0.2, 0.25) is 0 Å². The molecule has 2 N–H and O–H groups in total. The minimum absolute atomic E-state index is 0.161. The third-order valence-corrected chi connectivity index (χ3v) is 2.94. The molecule has 7 heteroatoms. The first-order valence-electron chi connectivity index (χ1n) is 6.21. The monoisotopic (exact) mass is 253 g/mol. The molecule has 18 heavy (non-hydrogen) atoms. The maximum atomic E-state index is 11.7. The van der Waals surface area contributed by atoms with Crippen molar-refractivity contribution in [2.75, 3.05) is 33.4 Å². The highest BCUT2D eigenvalue weighted by atomic mass is 16.5. The molecule has 0 spiro atoms. The van der Waals surface area contributed by atoms with Crippen molar-refractivity contribution in [2.45, 2.75) is 18.9 Å². The van der Waals surface area contributed by atoms with Gasteiger partial charge < -0.3 is 15.4 Å². The van der Waals surface area contributed by atoms with Crippen molar-refractivity contribution in [2.24, 2.45) is 0 Å². The van der Waals surface area contributed by atoms with Gasteiger partial charge in [0.25, 0.3) is 5.91 Å². The summed E-state index contributed by atoms with van der Waals surface area (Å²) in [6.45, 7) is 3.14. The molecular formula is C11H19N5O2. The Kier molecular flexibility index (Phi) is 4.66. The lowest BCUT2D eigenvalue weighted by Gasteiger charge is -2.26. The van der Waals surface area contributed by atoms with Crippen LogP contribution in [0.5, 0.6) is 0 Å². The summed E-state index contributed by atoms with van der Waals surface area (Å²) in [6.07, 6.45) is 3.55. The van der Waals surface area contributed by atoms with E-state index < -0.39 is 0 Å². The minimum atomic E-state index is -0.161. The van der Waals surface area contributed by atoms with Crippen molar-refractivity contribution in [3.05, 3.63) is 11.9 Å². The predicted octanol–water partition coefficient (Wildman–Crippen LogP) is -0.421. The van der Waals surface area contributed by atoms with E-state index in [1.54, 1.807) is 18.0 Å². The fourth-order valence-electron chi connectivity index (χ4n) is 1.68. The fraction of sp³-hybridized carbons (Fsp3) is 0.727. The van der Waals surface area contributed by atoms with Crippen molar-refractivity contribution in [1.82, 2.24) is 25.6 Å². The van der Waals surface area contributed by atoms with Crippen molar-refractivity contribution in [1.29, 1.82) is 0 Å². The Morgan fingerprint density at radius 1 is 1.61 bits per heavy atom. The summed E-state index contributed by atoms with van der Waals surface area (Å²) < 4.78 is 6.68. The number of carbonyl (C=O) groups excluding carboxylic acids is 1. The van der Waals surface area contributed by atoms with Crippen LogP contribution in [0.15, 0.2) is 6.20 Å². The van der Waals surface area contributed by atoms with Crippen molar-refractivity contribution < 1.29 is 9.53 Å². The average Bonchev–Trinajstić information content (AvgIpc) is 2.75. The van der Waals surface area contributed by atoms with Gasteiger partial charge in [-0.2, -0.15) is 0 Å². The number of unbranched alkanes of at least 4 members (excludes halogenated alkanes) is 1. The Morgan fingerprint density at radius 2 is 2.44 bits per heavy atom. The Bertz CT molecular complexity index is 389. The molecule has 100 valence electrons. The van der Waals surface area contributed by atoms with Crippen LogP contribution in [0, 0.1) is 0 Å². The molecule has 1 aromatic heterocycles. The van der Waals surface area contributed by atoms with Gasteiger partial charge in [0.15, 0.2) is 5.69 Å². The van der Waals surface area contributed by atoms with Crippen LogP contribution in [-0.4, -0.2) is 54.3 Å². The molecule has 1 aliphatic heterocycles. The lowest BCUT2D eigenvalue weighted by molar-refractivity contribution is 0.0946. The molecule has 0 aromatic carbocycles. The number of hydrogen-bond donors (Lipinski definition) is 2. The van der Waals surface area contributed by atoms with E-state index >= 15 is 0 Å². The van der Waals surface area contributed by atoms with Crippen LogP contribution in [0.2, 0.25) is 0 Å². The minimum Gasteiger partial charge on any atom is -0.385 e. The highest BCUT2D eigenvalue weighted by Gasteiger charge is 2.21. The second-order valence-electron chi connectivity index (χ2n) is 4.35. The molecular weight excluding hydrogens is 234 g/mol. The third kappa shape index (κ3) is 3.27. The van der Waals surface area contributed by atoms with Crippen molar-refractivity contribution in [3.63, 3.8) is 0 Å². The Morgan fingerprint density at radius 3 is 3.11 bits per heavy atom. The van der Waals surface area contributed by atoms with Gasteiger partial charge in [0.05, 0.1) is 12.2 Å². The number of amides is 1. The molecule has 0 unspecified atom stereocenters. The number of nitrogens with one attached hydrogen (secondary N) is 2. The van der Waals surface area contributed by atoms with E-state index in [-0.39, 0.29) is 5.91 Å². The third-order valence-electron chi connectivity index (χ3n) is 2.94. The zero-order valence-corrected chi connectivity index (χ0v) is 10.6. The van der Waals surface area contributed by atoms with Crippen LogP contribution in [0.3, 0.4) is 0 Å². The maximum Gasteiger partial charge on any atom is 0.273 e. The van der Waals surface area contributed by atoms with Crippen molar-refractivity contribution in [3.8, 4) is 0 Å². The summed E-state index contributed by atoms with van der Waals surface area (Å²) in [4.78, 5) is 11.7. The quantitative estimate of drug-likeness (QED) is 0.645. The van der Waals surface area contributed by atoms with E-state index in [0.717, 1.165) is 32.5 Å². The summed E-state index contributed by atoms with van der Waals surface area (Å²) in [5.41, 5.74) is 0.383. The van der Waals surface area contributed by atoms with Gasteiger partial charge in [-0.05, 0) is 12.8 Å². The highest BCUT2D eigenvalue weighted by molar-refractivity contribution is 5.91. The summed E-state index contributed by atoms with van der Waals surface area (Å²) in [7, 11) is 1.67. The SMILES string of the molecule is COCCCCNC(=O)c1cn(C2CNC2)nn1. The smallest absolute Gasteiger partial charge is 0.273 e. The molecule has 1 aromatic rings. The molecule has 1 aliphatic rings. The number of aromatic nitrogens is 3. The zero-order chi connectivity index (χ0) is 12.8. The molecule has 0 bridgehead atoms. The van der Waals surface area contributed by atoms with Crippen LogP contribution >= 0.6 is 0 Å². The van der Waals surface area contributed by atoms with Gasteiger partial charge >= 0.3 is 0 Å². The van der Waals surface area contributed by atoms with E-state index in [1.165, 1.54) is 0 Å². The van der Waals surface area contributed by atoms with Crippen LogP contribution < -0.4 is 10.6 Å². The number of nitrogens with zero attached hydrogens (tertiary/aromatic N) is 3. The van der Waals surface area contributed by atoms with Gasteiger partial charge in [-0.15, -0.1) is 5.10 Å². The van der Waals surface area contributed by atoms with Crippen LogP contribution in [0.1, 0.15) is 29.4 Å². The number of methoxy groups -OCH3 is 1. The number of carbonyl (C=O) groups is 1. The van der Waals surface area contributed by atoms with Crippen LogP contribution in [0.4, 0.5) is 0 Å². The zero-order valence-electron chi connectivity index (χ0n) is 10.6. The Hall–Kier alpha value is -1.47. The first kappa shape index (κ1) is 13.0. The lowest BCUT2D eigenvalue weighted by atomic mass is 10.2. The first-order chi connectivity index (χ1) is 8.81. The van der Waals surface area contributed by atoms with Gasteiger partial charge in [0, 0.05) is 33.4 Å². The molecule has 1 saturated heterocycles. The van der Waals surface area contributed by atoms with Crippen LogP contribution in [-0.2, 0) is 4.74 Å². The maximum absolute atomic E-state index is 11.7. The Balaban J connectivity index is 1.72.